The third-order valence-corrected chi connectivity index (χ3v) is 5.20. The predicted molar refractivity (Wildman–Crippen MR) is 100 cm³/mol. The molecule has 2 aliphatic heterocycles. The maximum atomic E-state index is 12.6. The van der Waals surface area contributed by atoms with Gasteiger partial charge in [-0.25, -0.2) is 0 Å². The Morgan fingerprint density at radius 1 is 1.04 bits per heavy atom. The zero-order valence-electron chi connectivity index (χ0n) is 15.8. The van der Waals surface area contributed by atoms with Crippen molar-refractivity contribution >= 4 is 23.6 Å². The molecule has 0 saturated carbocycles. The summed E-state index contributed by atoms with van der Waals surface area (Å²) >= 11 is 0. The van der Waals surface area contributed by atoms with E-state index in [9.17, 15) is 19.2 Å². The van der Waals surface area contributed by atoms with Gasteiger partial charge in [0, 0.05) is 32.5 Å². The molecule has 2 atom stereocenters. The summed E-state index contributed by atoms with van der Waals surface area (Å²) in [6, 6.07) is -1.44. The topological polar surface area (TPSA) is 113 Å². The molecule has 0 aromatic rings. The number of likely N-dealkylation sites (tertiary alicyclic amines) is 2. The van der Waals surface area contributed by atoms with Gasteiger partial charge in [-0.1, -0.05) is 6.08 Å². The minimum Gasteiger partial charge on any atom is -0.368 e. The minimum atomic E-state index is -0.826. The van der Waals surface area contributed by atoms with E-state index in [1.54, 1.807) is 0 Å². The fraction of sp³-hybridized carbons (Fsp3) is 0.684. The van der Waals surface area contributed by atoms with Crippen LogP contribution in [-0.2, 0) is 19.2 Å². The Balaban J connectivity index is 1.87. The molecule has 2 aliphatic rings. The van der Waals surface area contributed by atoms with Crippen molar-refractivity contribution in [3.05, 3.63) is 12.7 Å². The van der Waals surface area contributed by atoms with E-state index in [2.05, 4.69) is 11.9 Å². The van der Waals surface area contributed by atoms with Gasteiger partial charge in [0.15, 0.2) is 0 Å². The van der Waals surface area contributed by atoms with Crippen molar-refractivity contribution in [1.82, 2.24) is 15.1 Å². The van der Waals surface area contributed by atoms with E-state index in [0.29, 0.717) is 19.4 Å². The molecule has 0 bridgehead atoms. The van der Waals surface area contributed by atoms with Crippen LogP contribution in [0.5, 0.6) is 0 Å². The molecule has 27 heavy (non-hydrogen) atoms. The summed E-state index contributed by atoms with van der Waals surface area (Å²) in [6.45, 7) is 5.56. The SMILES string of the molecule is C=CC[C@@H](NC(=O)[C@@H]1CCCN1C(=O)CCC(=O)N1CCCCC1)C(N)=O. The number of piperidine rings is 1. The summed E-state index contributed by atoms with van der Waals surface area (Å²) in [5, 5.41) is 2.61. The Hall–Kier alpha value is -2.38. The molecule has 0 radical (unpaired) electrons. The zero-order chi connectivity index (χ0) is 19.8. The monoisotopic (exact) mass is 378 g/mol. The summed E-state index contributed by atoms with van der Waals surface area (Å²) in [7, 11) is 0. The fourth-order valence-corrected chi connectivity index (χ4v) is 3.68. The van der Waals surface area contributed by atoms with Crippen LogP contribution in [-0.4, -0.2) is 65.1 Å². The Kier molecular flexibility index (Phi) is 7.82. The second kappa shape index (κ2) is 10.1. The molecule has 3 N–H and O–H groups in total. The van der Waals surface area contributed by atoms with Gasteiger partial charge in [0.05, 0.1) is 0 Å². The number of nitrogens with one attached hydrogen (secondary N) is 1. The van der Waals surface area contributed by atoms with Crippen molar-refractivity contribution in [2.75, 3.05) is 19.6 Å². The van der Waals surface area contributed by atoms with Gasteiger partial charge >= 0.3 is 0 Å². The van der Waals surface area contributed by atoms with Crippen molar-refractivity contribution < 1.29 is 19.2 Å². The van der Waals surface area contributed by atoms with Gasteiger partial charge in [0.1, 0.15) is 12.1 Å². The minimum absolute atomic E-state index is 0.00280. The number of primary amides is 1. The first-order valence-electron chi connectivity index (χ1n) is 9.72. The lowest BCUT2D eigenvalue weighted by atomic mass is 10.1. The van der Waals surface area contributed by atoms with Gasteiger partial charge in [-0.3, -0.25) is 19.2 Å². The Morgan fingerprint density at radius 3 is 2.33 bits per heavy atom. The summed E-state index contributed by atoms with van der Waals surface area (Å²) in [6.07, 6.45) is 6.45. The van der Waals surface area contributed by atoms with Crippen LogP contribution in [0.2, 0.25) is 0 Å². The summed E-state index contributed by atoms with van der Waals surface area (Å²) in [5.74, 6) is -1.21. The molecule has 150 valence electrons. The number of carbonyl (C=O) groups excluding carboxylic acids is 4. The van der Waals surface area contributed by atoms with E-state index in [1.807, 2.05) is 4.90 Å². The molecule has 0 aromatic carbocycles. The molecular formula is C19H30N4O4. The van der Waals surface area contributed by atoms with Crippen LogP contribution in [0.4, 0.5) is 0 Å². The van der Waals surface area contributed by atoms with E-state index < -0.39 is 18.0 Å². The number of carbonyl (C=O) groups is 4. The van der Waals surface area contributed by atoms with Crippen LogP contribution in [0.15, 0.2) is 12.7 Å². The quantitative estimate of drug-likeness (QED) is 0.592. The molecule has 8 heteroatoms. The van der Waals surface area contributed by atoms with Crippen LogP contribution in [0, 0.1) is 0 Å². The van der Waals surface area contributed by atoms with Gasteiger partial charge in [-0.15, -0.1) is 6.58 Å². The van der Waals surface area contributed by atoms with Gasteiger partial charge in [0.2, 0.25) is 23.6 Å². The predicted octanol–water partition coefficient (Wildman–Crippen LogP) is 0.316. The lowest BCUT2D eigenvalue weighted by Gasteiger charge is -2.28. The van der Waals surface area contributed by atoms with E-state index >= 15 is 0 Å². The van der Waals surface area contributed by atoms with Crippen molar-refractivity contribution in [1.29, 1.82) is 0 Å². The second-order valence-corrected chi connectivity index (χ2v) is 7.17. The van der Waals surface area contributed by atoms with Crippen LogP contribution < -0.4 is 11.1 Å². The van der Waals surface area contributed by atoms with Gasteiger partial charge in [0.25, 0.3) is 0 Å². The number of hydrogen-bond acceptors (Lipinski definition) is 4. The van der Waals surface area contributed by atoms with Crippen molar-refractivity contribution in [3.63, 3.8) is 0 Å². The number of hydrogen-bond donors (Lipinski definition) is 2. The Bertz CT molecular complexity index is 586. The molecule has 0 aromatic heterocycles. The van der Waals surface area contributed by atoms with Crippen LogP contribution >= 0.6 is 0 Å². The lowest BCUT2D eigenvalue weighted by molar-refractivity contribution is -0.141. The first-order chi connectivity index (χ1) is 12.9. The summed E-state index contributed by atoms with van der Waals surface area (Å²) in [5.41, 5.74) is 5.29. The number of nitrogens with two attached hydrogens (primary N) is 1. The highest BCUT2D eigenvalue weighted by Gasteiger charge is 2.35. The first-order valence-corrected chi connectivity index (χ1v) is 9.72. The van der Waals surface area contributed by atoms with Crippen LogP contribution in [0.1, 0.15) is 51.4 Å². The average molecular weight is 378 g/mol. The van der Waals surface area contributed by atoms with Crippen molar-refractivity contribution in [2.45, 2.75) is 63.5 Å². The number of rotatable bonds is 8. The maximum absolute atomic E-state index is 12.6. The molecular weight excluding hydrogens is 348 g/mol. The smallest absolute Gasteiger partial charge is 0.243 e. The Morgan fingerprint density at radius 2 is 1.70 bits per heavy atom. The highest BCUT2D eigenvalue weighted by molar-refractivity contribution is 5.92. The maximum Gasteiger partial charge on any atom is 0.243 e. The van der Waals surface area contributed by atoms with E-state index in [4.69, 9.17) is 5.73 Å². The zero-order valence-corrected chi connectivity index (χ0v) is 15.8. The molecule has 8 nitrogen and oxygen atoms in total. The third kappa shape index (κ3) is 5.80. The van der Waals surface area contributed by atoms with Crippen LogP contribution in [0.3, 0.4) is 0 Å². The lowest BCUT2D eigenvalue weighted by Crippen LogP contribution is -2.52. The van der Waals surface area contributed by atoms with Gasteiger partial charge < -0.3 is 20.9 Å². The first kappa shape index (κ1) is 20.9. The second-order valence-electron chi connectivity index (χ2n) is 7.17. The molecule has 0 unspecified atom stereocenters. The fourth-order valence-electron chi connectivity index (χ4n) is 3.68. The van der Waals surface area contributed by atoms with Crippen LogP contribution in [0.25, 0.3) is 0 Å². The third-order valence-electron chi connectivity index (χ3n) is 5.20. The normalized spacial score (nSPS) is 20.8. The molecule has 4 amide bonds. The van der Waals surface area contributed by atoms with Crippen molar-refractivity contribution in [3.8, 4) is 0 Å². The van der Waals surface area contributed by atoms with E-state index in [-0.39, 0.29) is 37.0 Å². The molecule has 2 rings (SSSR count). The molecule has 2 heterocycles. The molecule has 2 saturated heterocycles. The molecule has 0 aliphatic carbocycles. The number of nitrogens with zero attached hydrogens (tertiary/aromatic N) is 2. The highest BCUT2D eigenvalue weighted by Crippen LogP contribution is 2.20. The summed E-state index contributed by atoms with van der Waals surface area (Å²) < 4.78 is 0. The van der Waals surface area contributed by atoms with E-state index in [1.165, 1.54) is 11.0 Å². The summed E-state index contributed by atoms with van der Waals surface area (Å²) in [4.78, 5) is 52.1. The van der Waals surface area contributed by atoms with Gasteiger partial charge in [-0.2, -0.15) is 0 Å². The van der Waals surface area contributed by atoms with Gasteiger partial charge in [-0.05, 0) is 38.5 Å². The average Bonchev–Trinajstić information content (AvgIpc) is 3.16. The molecule has 2 fully saturated rings. The van der Waals surface area contributed by atoms with E-state index in [0.717, 1.165) is 32.4 Å². The Labute approximate surface area is 160 Å². The number of amides is 4. The largest absolute Gasteiger partial charge is 0.368 e. The molecule has 0 spiro atoms. The van der Waals surface area contributed by atoms with Crippen molar-refractivity contribution in [2.24, 2.45) is 5.73 Å². The standard InChI is InChI=1S/C19H30N4O4/c1-2-7-14(18(20)26)21-19(27)15-8-6-13-23(15)17(25)10-9-16(24)22-11-4-3-5-12-22/h2,14-15H,1,3-13H2,(H2,20,26)(H,21,27)/t14-,15+/m1/s1. The highest BCUT2D eigenvalue weighted by atomic mass is 16.2.